The molecule has 1 heteroatoms. The summed E-state index contributed by atoms with van der Waals surface area (Å²) in [5.41, 5.74) is 2.27. The lowest BCUT2D eigenvalue weighted by atomic mass is 10.0. The second-order valence-electron chi connectivity index (χ2n) is 3.39. The second kappa shape index (κ2) is 5.61. The third-order valence-electron chi connectivity index (χ3n) is 2.44. The summed E-state index contributed by atoms with van der Waals surface area (Å²) in [6.07, 6.45) is 3.53. The van der Waals surface area contributed by atoms with Gasteiger partial charge in [-0.3, -0.25) is 0 Å². The van der Waals surface area contributed by atoms with Crippen molar-refractivity contribution < 1.29 is 5.11 Å². The lowest BCUT2D eigenvalue weighted by Gasteiger charge is -2.08. The third kappa shape index (κ3) is 3.00. The van der Waals surface area contributed by atoms with Crippen molar-refractivity contribution in [2.45, 2.75) is 32.8 Å². The van der Waals surface area contributed by atoms with E-state index in [1.807, 2.05) is 36.4 Å². The molecular weight excluding hydrogens is 172 g/mol. The Labute approximate surface area is 86.1 Å². The minimum absolute atomic E-state index is 0.453. The van der Waals surface area contributed by atoms with E-state index in [0.29, 0.717) is 0 Å². The first-order valence-corrected chi connectivity index (χ1v) is 5.20. The molecule has 0 saturated heterocycles. The average molecular weight is 190 g/mol. The van der Waals surface area contributed by atoms with Crippen molar-refractivity contribution >= 4 is 0 Å². The van der Waals surface area contributed by atoms with Crippen LogP contribution in [0.15, 0.2) is 42.0 Å². The number of aliphatic hydroxyl groups is 1. The molecule has 1 unspecified atom stereocenters. The molecule has 1 aromatic rings. The minimum Gasteiger partial charge on any atom is -0.384 e. The highest BCUT2D eigenvalue weighted by Gasteiger charge is 2.03. The van der Waals surface area contributed by atoms with Crippen molar-refractivity contribution in [1.29, 1.82) is 0 Å². The van der Waals surface area contributed by atoms with Gasteiger partial charge in [0, 0.05) is 0 Å². The second-order valence-corrected chi connectivity index (χ2v) is 3.39. The molecule has 76 valence electrons. The maximum atomic E-state index is 9.88. The van der Waals surface area contributed by atoms with Crippen molar-refractivity contribution in [2.75, 3.05) is 0 Å². The van der Waals surface area contributed by atoms with E-state index < -0.39 is 6.10 Å². The predicted molar refractivity (Wildman–Crippen MR) is 60.1 cm³/mol. The molecule has 0 aliphatic heterocycles. The van der Waals surface area contributed by atoms with Crippen LogP contribution in [-0.2, 0) is 0 Å². The average Bonchev–Trinajstić information content (AvgIpc) is 2.26. The number of benzene rings is 1. The van der Waals surface area contributed by atoms with Gasteiger partial charge in [-0.2, -0.15) is 0 Å². The van der Waals surface area contributed by atoms with Crippen LogP contribution in [0.5, 0.6) is 0 Å². The predicted octanol–water partition coefficient (Wildman–Crippen LogP) is 3.47. The van der Waals surface area contributed by atoms with Crippen molar-refractivity contribution in [3.05, 3.63) is 47.5 Å². The molecule has 0 spiro atoms. The maximum absolute atomic E-state index is 9.88. The largest absolute Gasteiger partial charge is 0.384 e. The van der Waals surface area contributed by atoms with Gasteiger partial charge in [-0.05, 0) is 18.4 Å². The van der Waals surface area contributed by atoms with E-state index in [4.69, 9.17) is 0 Å². The van der Waals surface area contributed by atoms with Gasteiger partial charge in [-0.1, -0.05) is 55.8 Å². The molecule has 0 aliphatic carbocycles. The summed E-state index contributed by atoms with van der Waals surface area (Å²) in [7, 11) is 0. The first-order valence-electron chi connectivity index (χ1n) is 5.20. The topological polar surface area (TPSA) is 20.2 Å². The van der Waals surface area contributed by atoms with Gasteiger partial charge in [-0.15, -0.1) is 0 Å². The SMILES string of the molecule is CCC(=CC(O)c1ccccc1)CC. The van der Waals surface area contributed by atoms with E-state index >= 15 is 0 Å². The first-order chi connectivity index (χ1) is 6.77. The smallest absolute Gasteiger partial charge is 0.0974 e. The summed E-state index contributed by atoms with van der Waals surface area (Å²) in [6, 6.07) is 9.75. The molecule has 0 radical (unpaired) electrons. The van der Waals surface area contributed by atoms with Gasteiger partial charge >= 0.3 is 0 Å². The van der Waals surface area contributed by atoms with Crippen molar-refractivity contribution in [1.82, 2.24) is 0 Å². The van der Waals surface area contributed by atoms with E-state index in [-0.39, 0.29) is 0 Å². The van der Waals surface area contributed by atoms with Gasteiger partial charge in [-0.25, -0.2) is 0 Å². The number of rotatable bonds is 4. The van der Waals surface area contributed by atoms with Gasteiger partial charge in [0.25, 0.3) is 0 Å². The summed E-state index contributed by atoms with van der Waals surface area (Å²) >= 11 is 0. The number of hydrogen-bond acceptors (Lipinski definition) is 1. The minimum atomic E-state index is -0.453. The van der Waals surface area contributed by atoms with Gasteiger partial charge in [0.2, 0.25) is 0 Å². The van der Waals surface area contributed by atoms with Gasteiger partial charge in [0.15, 0.2) is 0 Å². The lowest BCUT2D eigenvalue weighted by molar-refractivity contribution is 0.227. The number of allylic oxidation sites excluding steroid dienone is 1. The fourth-order valence-corrected chi connectivity index (χ4v) is 1.46. The summed E-state index contributed by atoms with van der Waals surface area (Å²) in [4.78, 5) is 0. The Hall–Kier alpha value is -1.08. The fourth-order valence-electron chi connectivity index (χ4n) is 1.46. The van der Waals surface area contributed by atoms with E-state index in [1.54, 1.807) is 0 Å². The zero-order chi connectivity index (χ0) is 10.4. The van der Waals surface area contributed by atoms with Crippen LogP contribution >= 0.6 is 0 Å². The van der Waals surface area contributed by atoms with Crippen LogP contribution in [0, 0.1) is 0 Å². The molecule has 14 heavy (non-hydrogen) atoms. The highest BCUT2D eigenvalue weighted by Crippen LogP contribution is 2.17. The molecule has 1 rings (SSSR count). The molecular formula is C13H18O. The molecule has 1 nitrogen and oxygen atoms in total. The summed E-state index contributed by atoms with van der Waals surface area (Å²) in [5.74, 6) is 0. The summed E-state index contributed by atoms with van der Waals surface area (Å²) in [6.45, 7) is 4.24. The van der Waals surface area contributed by atoms with Gasteiger partial charge in [0.1, 0.15) is 0 Å². The Kier molecular flexibility index (Phi) is 4.41. The summed E-state index contributed by atoms with van der Waals surface area (Å²) in [5, 5.41) is 9.88. The van der Waals surface area contributed by atoms with Crippen molar-refractivity contribution in [2.24, 2.45) is 0 Å². The van der Waals surface area contributed by atoms with E-state index in [0.717, 1.165) is 18.4 Å². The molecule has 0 aromatic heterocycles. The molecule has 0 bridgehead atoms. The Morgan fingerprint density at radius 1 is 1.21 bits per heavy atom. The molecule has 1 atom stereocenters. The van der Waals surface area contributed by atoms with Gasteiger partial charge in [0.05, 0.1) is 6.10 Å². The van der Waals surface area contributed by atoms with Crippen LogP contribution in [0.25, 0.3) is 0 Å². The lowest BCUT2D eigenvalue weighted by Crippen LogP contribution is -1.94. The Bertz CT molecular complexity index is 281. The highest BCUT2D eigenvalue weighted by atomic mass is 16.3. The van der Waals surface area contributed by atoms with Crippen LogP contribution in [0.2, 0.25) is 0 Å². The Morgan fingerprint density at radius 2 is 1.79 bits per heavy atom. The molecule has 1 N–H and O–H groups in total. The van der Waals surface area contributed by atoms with E-state index in [9.17, 15) is 5.11 Å². The van der Waals surface area contributed by atoms with Gasteiger partial charge < -0.3 is 5.11 Å². The molecule has 0 heterocycles. The highest BCUT2D eigenvalue weighted by molar-refractivity contribution is 5.22. The van der Waals surface area contributed by atoms with Crippen molar-refractivity contribution in [3.63, 3.8) is 0 Å². The molecule has 0 aliphatic rings. The third-order valence-corrected chi connectivity index (χ3v) is 2.44. The van der Waals surface area contributed by atoms with Crippen molar-refractivity contribution in [3.8, 4) is 0 Å². The van der Waals surface area contributed by atoms with Crippen LogP contribution in [0.4, 0.5) is 0 Å². The summed E-state index contributed by atoms with van der Waals surface area (Å²) < 4.78 is 0. The van der Waals surface area contributed by atoms with Crippen LogP contribution in [-0.4, -0.2) is 5.11 Å². The maximum Gasteiger partial charge on any atom is 0.0974 e. The van der Waals surface area contributed by atoms with Crippen LogP contribution < -0.4 is 0 Å². The van der Waals surface area contributed by atoms with E-state index in [2.05, 4.69) is 13.8 Å². The standard InChI is InChI=1S/C13H18O/c1-3-11(4-2)10-13(14)12-8-6-5-7-9-12/h5-10,13-14H,3-4H2,1-2H3. The Morgan fingerprint density at radius 3 is 2.29 bits per heavy atom. The quantitative estimate of drug-likeness (QED) is 0.721. The molecule has 0 amide bonds. The first kappa shape index (κ1) is 11.0. The fraction of sp³-hybridized carbons (Fsp3) is 0.385. The van der Waals surface area contributed by atoms with E-state index in [1.165, 1.54) is 5.57 Å². The normalized spacial score (nSPS) is 12.2. The molecule has 0 saturated carbocycles. The number of aliphatic hydroxyl groups excluding tert-OH is 1. The van der Waals surface area contributed by atoms with Crippen LogP contribution in [0.1, 0.15) is 38.4 Å². The Balaban J connectivity index is 2.76. The zero-order valence-electron chi connectivity index (χ0n) is 8.90. The zero-order valence-corrected chi connectivity index (χ0v) is 8.90. The van der Waals surface area contributed by atoms with Crippen LogP contribution in [0.3, 0.4) is 0 Å². The number of hydrogen-bond donors (Lipinski definition) is 1. The molecule has 1 aromatic carbocycles. The monoisotopic (exact) mass is 190 g/mol. The molecule has 0 fully saturated rings.